The molecule has 0 saturated carbocycles. The van der Waals surface area contributed by atoms with E-state index in [0.717, 1.165) is 23.5 Å². The van der Waals surface area contributed by atoms with Gasteiger partial charge in [-0.3, -0.25) is 9.59 Å². The average molecular weight is 440 g/mol. The predicted octanol–water partition coefficient (Wildman–Crippen LogP) is 2.67. The lowest BCUT2D eigenvalue weighted by Gasteiger charge is -2.08. The molecule has 1 aromatic carbocycles. The fourth-order valence-corrected chi connectivity index (χ4v) is 3.54. The van der Waals surface area contributed by atoms with Crippen molar-refractivity contribution in [2.45, 2.75) is 13.8 Å². The minimum Gasteiger partial charge on any atom is -0.462 e. The van der Waals surface area contributed by atoms with Crippen LogP contribution in [0.15, 0.2) is 18.2 Å². The third kappa shape index (κ3) is 5.17. The first-order valence-corrected chi connectivity index (χ1v) is 9.45. The van der Waals surface area contributed by atoms with E-state index in [0.29, 0.717) is 11.6 Å². The van der Waals surface area contributed by atoms with Crippen LogP contribution in [0.2, 0.25) is 0 Å². The maximum absolute atomic E-state index is 13.2. The molecule has 0 aliphatic rings. The van der Waals surface area contributed by atoms with Gasteiger partial charge in [-0.05, 0) is 37.6 Å². The summed E-state index contributed by atoms with van der Waals surface area (Å²) in [5.41, 5.74) is 0.0652. The van der Waals surface area contributed by atoms with Crippen molar-refractivity contribution in [2.75, 3.05) is 25.6 Å². The molecule has 1 aromatic heterocycles. The smallest absolute Gasteiger partial charge is 0.341 e. The lowest BCUT2D eigenvalue weighted by molar-refractivity contribution is -0.119. The minimum absolute atomic E-state index is 0.0146. The molecule has 0 saturated heterocycles. The second-order valence-electron chi connectivity index (χ2n) is 5.81. The fraction of sp³-hybridized carbons (Fsp3) is 0.263. The van der Waals surface area contributed by atoms with E-state index in [1.165, 1.54) is 14.0 Å². The highest BCUT2D eigenvalue weighted by molar-refractivity contribution is 7.18. The quantitative estimate of drug-likeness (QED) is 0.641. The Morgan fingerprint density at radius 2 is 1.77 bits per heavy atom. The Morgan fingerprint density at radius 1 is 1.07 bits per heavy atom. The Labute approximate surface area is 174 Å². The second kappa shape index (κ2) is 9.92. The maximum Gasteiger partial charge on any atom is 0.341 e. The van der Waals surface area contributed by atoms with Gasteiger partial charge in [-0.2, -0.15) is 0 Å². The summed E-state index contributed by atoms with van der Waals surface area (Å²) in [5, 5.41) is 4.89. The zero-order valence-electron chi connectivity index (χ0n) is 16.3. The number of ether oxygens (including phenoxy) is 2. The first kappa shape index (κ1) is 22.9. The van der Waals surface area contributed by atoms with Crippen molar-refractivity contribution >= 4 is 40.1 Å². The summed E-state index contributed by atoms with van der Waals surface area (Å²) in [6.45, 7) is 2.47. The molecule has 0 atom stereocenters. The molecule has 0 radical (unpaired) electrons. The summed E-state index contributed by atoms with van der Waals surface area (Å²) >= 11 is 0.859. The lowest BCUT2D eigenvalue weighted by atomic mass is 10.1. The molecule has 8 nitrogen and oxygen atoms in total. The zero-order valence-corrected chi connectivity index (χ0v) is 17.1. The minimum atomic E-state index is -1.23. The van der Waals surface area contributed by atoms with Gasteiger partial charge in [-0.1, -0.05) is 0 Å². The van der Waals surface area contributed by atoms with Crippen LogP contribution in [0.1, 0.15) is 42.9 Å². The van der Waals surface area contributed by atoms with Crippen molar-refractivity contribution in [1.82, 2.24) is 5.32 Å². The number of anilines is 1. The molecular formula is C19H18F2N2O6S. The van der Waals surface area contributed by atoms with E-state index in [1.807, 2.05) is 0 Å². The third-order valence-corrected chi connectivity index (χ3v) is 5.01. The number of halogens is 2. The molecule has 0 aliphatic heterocycles. The Hall–Kier alpha value is -3.34. The summed E-state index contributed by atoms with van der Waals surface area (Å²) in [6.07, 6.45) is 0. The summed E-state index contributed by atoms with van der Waals surface area (Å²) in [4.78, 5) is 48.5. The van der Waals surface area contributed by atoms with E-state index in [4.69, 9.17) is 9.47 Å². The van der Waals surface area contributed by atoms with Crippen LogP contribution in [0.4, 0.5) is 13.8 Å². The van der Waals surface area contributed by atoms with Crippen LogP contribution in [0.3, 0.4) is 0 Å². The maximum atomic E-state index is 13.2. The Kier molecular flexibility index (Phi) is 7.59. The van der Waals surface area contributed by atoms with Crippen LogP contribution in [0, 0.1) is 18.6 Å². The van der Waals surface area contributed by atoms with E-state index in [9.17, 15) is 28.0 Å². The van der Waals surface area contributed by atoms with E-state index in [-0.39, 0.29) is 27.6 Å². The fourth-order valence-electron chi connectivity index (χ4n) is 2.38. The number of benzene rings is 1. The van der Waals surface area contributed by atoms with Crippen molar-refractivity contribution < 1.29 is 37.4 Å². The van der Waals surface area contributed by atoms with Gasteiger partial charge in [-0.15, -0.1) is 11.3 Å². The number of carbonyl (C=O) groups is 4. The molecule has 30 heavy (non-hydrogen) atoms. The molecule has 1 heterocycles. The number of rotatable bonds is 7. The Morgan fingerprint density at radius 3 is 2.37 bits per heavy atom. The molecule has 160 valence electrons. The number of carbonyl (C=O) groups excluding carboxylic acids is 4. The largest absolute Gasteiger partial charge is 0.462 e. The van der Waals surface area contributed by atoms with E-state index < -0.39 is 42.0 Å². The van der Waals surface area contributed by atoms with Gasteiger partial charge in [0.25, 0.3) is 11.8 Å². The van der Waals surface area contributed by atoms with Crippen molar-refractivity contribution in [3.8, 4) is 0 Å². The Bertz CT molecular complexity index is 1010. The Balaban J connectivity index is 2.15. The molecule has 0 bridgehead atoms. The topological polar surface area (TPSA) is 111 Å². The molecular weight excluding hydrogens is 422 g/mol. The van der Waals surface area contributed by atoms with Gasteiger partial charge in [0.1, 0.15) is 5.00 Å². The van der Waals surface area contributed by atoms with E-state index in [2.05, 4.69) is 10.6 Å². The highest BCUT2D eigenvalue weighted by atomic mass is 32.1. The van der Waals surface area contributed by atoms with Gasteiger partial charge in [0.2, 0.25) is 0 Å². The molecule has 0 unspecified atom stereocenters. The molecule has 11 heteroatoms. The van der Waals surface area contributed by atoms with Crippen LogP contribution in [0.25, 0.3) is 0 Å². The van der Waals surface area contributed by atoms with E-state index in [1.54, 1.807) is 6.92 Å². The van der Waals surface area contributed by atoms with Gasteiger partial charge in [-0.25, -0.2) is 18.4 Å². The highest BCUT2D eigenvalue weighted by Crippen LogP contribution is 2.33. The number of thiophene rings is 1. The van der Waals surface area contributed by atoms with Crippen molar-refractivity contribution in [1.29, 1.82) is 0 Å². The summed E-state index contributed by atoms with van der Waals surface area (Å²) in [5.74, 6) is -5.38. The van der Waals surface area contributed by atoms with Gasteiger partial charge in [0, 0.05) is 7.05 Å². The second-order valence-corrected chi connectivity index (χ2v) is 6.83. The van der Waals surface area contributed by atoms with E-state index >= 15 is 0 Å². The van der Waals surface area contributed by atoms with Crippen LogP contribution >= 0.6 is 11.3 Å². The first-order valence-electron chi connectivity index (χ1n) is 8.64. The van der Waals surface area contributed by atoms with Gasteiger partial charge >= 0.3 is 11.9 Å². The van der Waals surface area contributed by atoms with Crippen LogP contribution in [-0.4, -0.2) is 44.0 Å². The highest BCUT2D eigenvalue weighted by Gasteiger charge is 2.26. The van der Waals surface area contributed by atoms with Crippen molar-refractivity contribution in [2.24, 2.45) is 0 Å². The zero-order chi connectivity index (χ0) is 22.4. The number of hydrogen-bond acceptors (Lipinski definition) is 7. The average Bonchev–Trinajstić information content (AvgIpc) is 3.03. The van der Waals surface area contributed by atoms with Crippen LogP contribution in [0.5, 0.6) is 0 Å². The van der Waals surface area contributed by atoms with Gasteiger partial charge in [0.05, 0.1) is 22.6 Å². The monoisotopic (exact) mass is 440 g/mol. The molecule has 2 rings (SSSR count). The van der Waals surface area contributed by atoms with Crippen molar-refractivity contribution in [3.63, 3.8) is 0 Å². The summed E-state index contributed by atoms with van der Waals surface area (Å²) < 4.78 is 35.9. The number of hydrogen-bond donors (Lipinski definition) is 2. The molecule has 0 fully saturated rings. The van der Waals surface area contributed by atoms with Crippen molar-refractivity contribution in [3.05, 3.63) is 51.4 Å². The van der Waals surface area contributed by atoms with Gasteiger partial charge < -0.3 is 20.1 Å². The molecule has 2 aromatic rings. The van der Waals surface area contributed by atoms with Gasteiger partial charge in [0.15, 0.2) is 18.2 Å². The molecule has 0 spiro atoms. The number of amides is 2. The molecule has 2 N–H and O–H groups in total. The molecule has 0 aliphatic carbocycles. The standard InChI is InChI=1S/C19H18F2N2O6S/c1-4-28-19(27)14-9(2)15(16(25)22-3)30-17(14)23-13(24)8-29-18(26)10-5-6-11(20)12(21)7-10/h5-7H,4,8H2,1-3H3,(H,22,25)(H,23,24). The summed E-state index contributed by atoms with van der Waals surface area (Å²) in [7, 11) is 1.42. The molecule has 2 amide bonds. The number of esters is 2. The predicted molar refractivity (Wildman–Crippen MR) is 104 cm³/mol. The van der Waals surface area contributed by atoms with Crippen LogP contribution < -0.4 is 10.6 Å². The lowest BCUT2D eigenvalue weighted by Crippen LogP contribution is -2.22. The first-order chi connectivity index (χ1) is 14.2. The summed E-state index contributed by atoms with van der Waals surface area (Å²) in [6, 6.07) is 2.41. The third-order valence-electron chi connectivity index (χ3n) is 3.80. The number of nitrogens with one attached hydrogen (secondary N) is 2. The SMILES string of the molecule is CCOC(=O)c1c(NC(=O)COC(=O)c2ccc(F)c(F)c2)sc(C(=O)NC)c1C. The van der Waals surface area contributed by atoms with Crippen LogP contribution in [-0.2, 0) is 14.3 Å². The normalized spacial score (nSPS) is 10.3.